The first kappa shape index (κ1) is 9.01. The Labute approximate surface area is 68.9 Å². The second-order valence-electron chi connectivity index (χ2n) is 3.32. The van der Waals surface area contributed by atoms with Crippen LogP contribution in [0.3, 0.4) is 0 Å². The molecule has 0 spiro atoms. The summed E-state index contributed by atoms with van der Waals surface area (Å²) in [5, 5.41) is 0. The van der Waals surface area contributed by atoms with Crippen molar-refractivity contribution in [3.8, 4) is 0 Å². The van der Waals surface area contributed by atoms with E-state index in [4.69, 9.17) is 9.47 Å². The van der Waals surface area contributed by atoms with Crippen molar-refractivity contribution in [1.29, 1.82) is 0 Å². The van der Waals surface area contributed by atoms with Gasteiger partial charge in [0, 0.05) is 5.92 Å². The van der Waals surface area contributed by atoms with Gasteiger partial charge in [0.2, 0.25) is 0 Å². The van der Waals surface area contributed by atoms with Crippen LogP contribution in [0.15, 0.2) is 0 Å². The van der Waals surface area contributed by atoms with E-state index >= 15 is 0 Å². The Kier molecular flexibility index (Phi) is 3.34. The summed E-state index contributed by atoms with van der Waals surface area (Å²) in [7, 11) is 0. The average molecular weight is 157 g/mol. The van der Waals surface area contributed by atoms with E-state index in [1.54, 1.807) is 6.61 Å². The summed E-state index contributed by atoms with van der Waals surface area (Å²) in [6.07, 6.45) is 2.85. The predicted octanol–water partition coefficient (Wildman–Crippen LogP) is 2.35. The van der Waals surface area contributed by atoms with Crippen molar-refractivity contribution in [3.05, 3.63) is 6.61 Å². The monoisotopic (exact) mass is 157 g/mol. The van der Waals surface area contributed by atoms with Gasteiger partial charge in [0.25, 0.3) is 0 Å². The largest absolute Gasteiger partial charge is 0.349 e. The van der Waals surface area contributed by atoms with Gasteiger partial charge in [0.1, 0.15) is 0 Å². The molecule has 1 atom stereocenters. The quantitative estimate of drug-likeness (QED) is 0.570. The van der Waals surface area contributed by atoms with E-state index < -0.39 is 0 Å². The first-order valence-electron chi connectivity index (χ1n) is 4.32. The van der Waals surface area contributed by atoms with Crippen molar-refractivity contribution in [2.75, 3.05) is 0 Å². The van der Waals surface area contributed by atoms with Crippen LogP contribution in [0.1, 0.15) is 33.6 Å². The lowest BCUT2D eigenvalue weighted by Crippen LogP contribution is -2.23. The van der Waals surface area contributed by atoms with Crippen molar-refractivity contribution < 1.29 is 9.47 Å². The van der Waals surface area contributed by atoms with E-state index in [1.807, 2.05) is 6.92 Å². The van der Waals surface area contributed by atoms with Crippen LogP contribution < -0.4 is 0 Å². The van der Waals surface area contributed by atoms with Crippen LogP contribution in [0.25, 0.3) is 0 Å². The van der Waals surface area contributed by atoms with E-state index in [2.05, 4.69) is 13.8 Å². The van der Waals surface area contributed by atoms with Gasteiger partial charge in [-0.25, -0.2) is 0 Å². The van der Waals surface area contributed by atoms with Crippen molar-refractivity contribution >= 4 is 0 Å². The lowest BCUT2D eigenvalue weighted by molar-refractivity contribution is -0.152. The average Bonchev–Trinajstić information content (AvgIpc) is 2.70. The first-order chi connectivity index (χ1) is 5.24. The molecule has 0 aromatic carbocycles. The summed E-state index contributed by atoms with van der Waals surface area (Å²) in [6.45, 7) is 7.80. The van der Waals surface area contributed by atoms with Crippen molar-refractivity contribution in [2.24, 2.45) is 5.92 Å². The molecule has 2 heteroatoms. The third-order valence-corrected chi connectivity index (χ3v) is 1.67. The molecular formula is C9H17O2. The SMILES string of the molecule is C[CH]OC(OC1CC1)C(C)C. The third-order valence-electron chi connectivity index (χ3n) is 1.67. The van der Waals surface area contributed by atoms with E-state index in [-0.39, 0.29) is 6.29 Å². The third kappa shape index (κ3) is 3.21. The summed E-state index contributed by atoms with van der Waals surface area (Å²) >= 11 is 0. The molecule has 1 aliphatic rings. The van der Waals surface area contributed by atoms with Gasteiger partial charge in [0.15, 0.2) is 6.29 Å². The first-order valence-corrected chi connectivity index (χ1v) is 4.32. The summed E-state index contributed by atoms with van der Waals surface area (Å²) in [4.78, 5) is 0. The Morgan fingerprint density at radius 2 is 2.00 bits per heavy atom. The summed E-state index contributed by atoms with van der Waals surface area (Å²) in [5.74, 6) is 0.437. The molecule has 0 aliphatic heterocycles. The van der Waals surface area contributed by atoms with Crippen LogP contribution in [-0.4, -0.2) is 12.4 Å². The lowest BCUT2D eigenvalue weighted by atomic mass is 10.2. The molecule has 1 unspecified atom stereocenters. The predicted molar refractivity (Wildman–Crippen MR) is 43.8 cm³/mol. The van der Waals surface area contributed by atoms with Crippen molar-refractivity contribution in [1.82, 2.24) is 0 Å². The van der Waals surface area contributed by atoms with Crippen molar-refractivity contribution in [2.45, 2.75) is 46.0 Å². The molecule has 0 heterocycles. The smallest absolute Gasteiger partial charge is 0.160 e. The highest BCUT2D eigenvalue weighted by molar-refractivity contribution is 4.74. The van der Waals surface area contributed by atoms with Gasteiger partial charge in [-0.1, -0.05) is 13.8 Å². The Hall–Kier alpha value is -0.0800. The van der Waals surface area contributed by atoms with Gasteiger partial charge < -0.3 is 9.47 Å². The minimum Gasteiger partial charge on any atom is -0.349 e. The fraction of sp³-hybridized carbons (Fsp3) is 0.889. The van der Waals surface area contributed by atoms with E-state index in [0.29, 0.717) is 12.0 Å². The minimum atomic E-state index is -0.0347. The molecular weight excluding hydrogens is 140 g/mol. The molecule has 11 heavy (non-hydrogen) atoms. The highest BCUT2D eigenvalue weighted by Gasteiger charge is 2.27. The zero-order valence-electron chi connectivity index (χ0n) is 7.54. The maximum absolute atomic E-state index is 5.61. The molecule has 0 saturated heterocycles. The molecule has 1 fully saturated rings. The number of ether oxygens (including phenoxy) is 2. The molecule has 2 nitrogen and oxygen atoms in total. The Morgan fingerprint density at radius 1 is 1.36 bits per heavy atom. The van der Waals surface area contributed by atoms with Crippen LogP contribution in [-0.2, 0) is 9.47 Å². The molecule has 1 saturated carbocycles. The molecule has 1 radical (unpaired) electrons. The Morgan fingerprint density at radius 3 is 2.36 bits per heavy atom. The maximum Gasteiger partial charge on any atom is 0.160 e. The second kappa shape index (κ2) is 4.07. The molecule has 1 rings (SSSR count). The van der Waals surface area contributed by atoms with Crippen LogP contribution in [0.5, 0.6) is 0 Å². The van der Waals surface area contributed by atoms with Gasteiger partial charge >= 0.3 is 0 Å². The van der Waals surface area contributed by atoms with E-state index in [1.165, 1.54) is 12.8 Å². The Balaban J connectivity index is 2.19. The van der Waals surface area contributed by atoms with Crippen molar-refractivity contribution in [3.63, 3.8) is 0 Å². The summed E-state index contributed by atoms with van der Waals surface area (Å²) < 4.78 is 10.9. The molecule has 1 aliphatic carbocycles. The maximum atomic E-state index is 5.61. The molecule has 0 aromatic heterocycles. The summed E-state index contributed by atoms with van der Waals surface area (Å²) in [6, 6.07) is 0. The highest BCUT2D eigenvalue weighted by atomic mass is 16.7. The molecule has 0 aromatic rings. The second-order valence-corrected chi connectivity index (χ2v) is 3.32. The molecule has 65 valence electrons. The normalized spacial score (nSPS) is 20.7. The van der Waals surface area contributed by atoms with E-state index in [0.717, 1.165) is 0 Å². The number of hydrogen-bond donors (Lipinski definition) is 0. The topological polar surface area (TPSA) is 18.5 Å². The van der Waals surface area contributed by atoms with E-state index in [9.17, 15) is 0 Å². The fourth-order valence-corrected chi connectivity index (χ4v) is 0.874. The van der Waals surface area contributed by atoms with Crippen LogP contribution in [0.2, 0.25) is 0 Å². The van der Waals surface area contributed by atoms with Gasteiger partial charge in [-0.2, -0.15) is 0 Å². The van der Waals surface area contributed by atoms with Gasteiger partial charge in [0.05, 0.1) is 12.7 Å². The van der Waals surface area contributed by atoms with Gasteiger partial charge in [-0.15, -0.1) is 0 Å². The van der Waals surface area contributed by atoms with Gasteiger partial charge in [-0.05, 0) is 19.8 Å². The minimum absolute atomic E-state index is 0.0347. The molecule has 0 amide bonds. The fourth-order valence-electron chi connectivity index (χ4n) is 0.874. The zero-order valence-corrected chi connectivity index (χ0v) is 7.54. The summed E-state index contributed by atoms with van der Waals surface area (Å²) in [5.41, 5.74) is 0. The highest BCUT2D eigenvalue weighted by Crippen LogP contribution is 2.27. The molecule has 0 N–H and O–H groups in total. The molecule has 0 bridgehead atoms. The standard InChI is InChI=1S/C9H17O2/c1-4-10-9(7(2)3)11-8-5-6-8/h4,7-9H,5-6H2,1-3H3. The number of rotatable bonds is 5. The number of hydrogen-bond acceptors (Lipinski definition) is 2. The Bertz CT molecular complexity index is 108. The lowest BCUT2D eigenvalue weighted by Gasteiger charge is -2.20. The van der Waals surface area contributed by atoms with Crippen LogP contribution >= 0.6 is 0 Å². The van der Waals surface area contributed by atoms with Crippen LogP contribution in [0.4, 0.5) is 0 Å². The van der Waals surface area contributed by atoms with Gasteiger partial charge in [-0.3, -0.25) is 0 Å². The zero-order chi connectivity index (χ0) is 8.27. The van der Waals surface area contributed by atoms with Crippen LogP contribution in [0, 0.1) is 12.5 Å².